The van der Waals surface area contributed by atoms with Crippen molar-refractivity contribution in [2.24, 2.45) is 7.05 Å². The van der Waals surface area contributed by atoms with Crippen molar-refractivity contribution in [1.29, 1.82) is 0 Å². The molecular formula is C22H39N3O2. The monoisotopic (exact) mass is 377 g/mol. The van der Waals surface area contributed by atoms with Gasteiger partial charge in [-0.1, -0.05) is 40.0 Å². The molecule has 154 valence electrons. The Kier molecular flexibility index (Phi) is 10.8. The number of amides is 2. The van der Waals surface area contributed by atoms with E-state index in [0.717, 1.165) is 50.8 Å². The highest BCUT2D eigenvalue weighted by Gasteiger charge is 2.24. The molecule has 0 spiro atoms. The Morgan fingerprint density at radius 1 is 1.07 bits per heavy atom. The molecule has 1 atom stereocenters. The third kappa shape index (κ3) is 7.77. The maximum Gasteiger partial charge on any atom is 0.242 e. The van der Waals surface area contributed by atoms with Crippen LogP contribution in [-0.2, 0) is 23.2 Å². The number of aromatic nitrogens is 1. The van der Waals surface area contributed by atoms with Gasteiger partial charge in [0.1, 0.15) is 0 Å². The molecule has 0 bridgehead atoms. The number of carbonyl (C=O) groups is 2. The van der Waals surface area contributed by atoms with Gasteiger partial charge in [0.25, 0.3) is 0 Å². The standard InChI is InChI=1S/C22H39N3O2/c1-6-9-11-14-21(26)25(19(4)8-3)18-22(27)24(16-10-7-2)17-20-13-12-15-23(20)5/h12-13,15,19H,6-11,14,16-18H2,1-5H3/t19-/m1/s1. The van der Waals surface area contributed by atoms with Crippen LogP contribution in [0.15, 0.2) is 18.3 Å². The second-order valence-electron chi connectivity index (χ2n) is 7.52. The Morgan fingerprint density at radius 3 is 2.33 bits per heavy atom. The van der Waals surface area contributed by atoms with Gasteiger partial charge in [-0.25, -0.2) is 0 Å². The first-order valence-corrected chi connectivity index (χ1v) is 10.6. The first kappa shape index (κ1) is 23.3. The van der Waals surface area contributed by atoms with E-state index < -0.39 is 0 Å². The quantitative estimate of drug-likeness (QED) is 0.479. The largest absolute Gasteiger partial charge is 0.353 e. The third-order valence-electron chi connectivity index (χ3n) is 5.28. The van der Waals surface area contributed by atoms with Crippen LogP contribution in [0.2, 0.25) is 0 Å². The number of hydrogen-bond acceptors (Lipinski definition) is 2. The fourth-order valence-electron chi connectivity index (χ4n) is 3.12. The van der Waals surface area contributed by atoms with Crippen molar-refractivity contribution in [2.45, 2.75) is 85.2 Å². The van der Waals surface area contributed by atoms with Gasteiger partial charge >= 0.3 is 0 Å². The van der Waals surface area contributed by atoms with Gasteiger partial charge in [-0.3, -0.25) is 9.59 Å². The van der Waals surface area contributed by atoms with Crippen LogP contribution in [0.5, 0.6) is 0 Å². The molecule has 0 aliphatic heterocycles. The van der Waals surface area contributed by atoms with Crippen molar-refractivity contribution in [2.75, 3.05) is 13.1 Å². The van der Waals surface area contributed by atoms with Crippen LogP contribution in [-0.4, -0.2) is 45.3 Å². The van der Waals surface area contributed by atoms with Crippen LogP contribution < -0.4 is 0 Å². The molecule has 1 heterocycles. The molecule has 5 heteroatoms. The summed E-state index contributed by atoms with van der Waals surface area (Å²) in [6.07, 6.45) is 8.48. The summed E-state index contributed by atoms with van der Waals surface area (Å²) in [7, 11) is 2.00. The molecule has 1 aromatic rings. The molecule has 2 amide bonds. The molecule has 0 saturated heterocycles. The van der Waals surface area contributed by atoms with E-state index in [9.17, 15) is 9.59 Å². The maximum atomic E-state index is 13.1. The topological polar surface area (TPSA) is 45.6 Å². The maximum absolute atomic E-state index is 13.1. The summed E-state index contributed by atoms with van der Waals surface area (Å²) in [6.45, 7) is 9.90. The SMILES string of the molecule is CCCCCC(=O)N(CC(=O)N(CCCC)Cc1cccn1C)[C@H](C)CC. The van der Waals surface area contributed by atoms with Gasteiger partial charge in [0.2, 0.25) is 11.8 Å². The normalized spacial score (nSPS) is 12.0. The van der Waals surface area contributed by atoms with Crippen LogP contribution in [0.4, 0.5) is 0 Å². The zero-order valence-corrected chi connectivity index (χ0v) is 18.0. The molecule has 0 aliphatic carbocycles. The van der Waals surface area contributed by atoms with Gasteiger partial charge in [-0.2, -0.15) is 0 Å². The molecule has 0 unspecified atom stereocenters. The zero-order valence-electron chi connectivity index (χ0n) is 18.0. The second-order valence-corrected chi connectivity index (χ2v) is 7.52. The van der Waals surface area contributed by atoms with E-state index >= 15 is 0 Å². The summed E-state index contributed by atoms with van der Waals surface area (Å²) in [4.78, 5) is 29.5. The lowest BCUT2D eigenvalue weighted by atomic mass is 10.1. The van der Waals surface area contributed by atoms with Gasteiger partial charge in [-0.15, -0.1) is 0 Å². The van der Waals surface area contributed by atoms with Crippen LogP contribution in [0.1, 0.15) is 78.3 Å². The molecular weight excluding hydrogens is 338 g/mol. The summed E-state index contributed by atoms with van der Waals surface area (Å²) < 4.78 is 2.05. The number of rotatable bonds is 13. The molecule has 27 heavy (non-hydrogen) atoms. The number of unbranched alkanes of at least 4 members (excludes halogenated alkanes) is 3. The predicted molar refractivity (Wildman–Crippen MR) is 111 cm³/mol. The van der Waals surface area contributed by atoms with Gasteiger partial charge < -0.3 is 14.4 Å². The average Bonchev–Trinajstić information content (AvgIpc) is 3.06. The van der Waals surface area contributed by atoms with Crippen LogP contribution in [0, 0.1) is 0 Å². The summed E-state index contributed by atoms with van der Waals surface area (Å²) in [6, 6.07) is 4.14. The highest BCUT2D eigenvalue weighted by atomic mass is 16.2. The molecule has 1 rings (SSSR count). The molecule has 0 aromatic carbocycles. The Bertz CT molecular complexity index is 568. The minimum Gasteiger partial charge on any atom is -0.353 e. The predicted octanol–water partition coefficient (Wildman–Crippen LogP) is 4.36. The van der Waals surface area contributed by atoms with E-state index in [1.54, 1.807) is 4.90 Å². The van der Waals surface area contributed by atoms with Gasteiger partial charge in [-0.05, 0) is 38.3 Å². The fraction of sp³-hybridized carbons (Fsp3) is 0.727. The van der Waals surface area contributed by atoms with E-state index in [1.165, 1.54) is 0 Å². The Balaban J connectivity index is 2.82. The van der Waals surface area contributed by atoms with Crippen molar-refractivity contribution >= 4 is 11.8 Å². The number of carbonyl (C=O) groups excluding carboxylic acids is 2. The minimum atomic E-state index is 0.0498. The first-order chi connectivity index (χ1) is 12.9. The van der Waals surface area contributed by atoms with E-state index in [2.05, 4.69) is 31.4 Å². The Morgan fingerprint density at radius 2 is 1.78 bits per heavy atom. The molecule has 0 saturated carbocycles. The second kappa shape index (κ2) is 12.6. The van der Waals surface area contributed by atoms with Gasteiger partial charge in [0.05, 0.1) is 13.1 Å². The number of nitrogens with zero attached hydrogens (tertiary/aromatic N) is 3. The van der Waals surface area contributed by atoms with Crippen molar-refractivity contribution in [3.63, 3.8) is 0 Å². The smallest absolute Gasteiger partial charge is 0.242 e. The highest BCUT2D eigenvalue weighted by molar-refractivity contribution is 5.85. The Labute approximate surface area is 165 Å². The summed E-state index contributed by atoms with van der Waals surface area (Å²) in [5, 5.41) is 0. The van der Waals surface area contributed by atoms with Crippen molar-refractivity contribution in [3.8, 4) is 0 Å². The van der Waals surface area contributed by atoms with E-state index in [0.29, 0.717) is 13.0 Å². The molecule has 5 nitrogen and oxygen atoms in total. The molecule has 0 aliphatic rings. The lowest BCUT2D eigenvalue weighted by Gasteiger charge is -2.31. The summed E-state index contributed by atoms with van der Waals surface area (Å²) in [5.74, 6) is 0.161. The summed E-state index contributed by atoms with van der Waals surface area (Å²) in [5.41, 5.74) is 1.11. The molecule has 0 fully saturated rings. The van der Waals surface area contributed by atoms with E-state index in [1.807, 2.05) is 31.1 Å². The van der Waals surface area contributed by atoms with Crippen molar-refractivity contribution < 1.29 is 9.59 Å². The van der Waals surface area contributed by atoms with Crippen molar-refractivity contribution in [1.82, 2.24) is 14.4 Å². The van der Waals surface area contributed by atoms with E-state index in [4.69, 9.17) is 0 Å². The van der Waals surface area contributed by atoms with Crippen LogP contribution >= 0.6 is 0 Å². The van der Waals surface area contributed by atoms with Crippen LogP contribution in [0.25, 0.3) is 0 Å². The van der Waals surface area contributed by atoms with E-state index in [-0.39, 0.29) is 24.4 Å². The van der Waals surface area contributed by atoms with Crippen molar-refractivity contribution in [3.05, 3.63) is 24.0 Å². The highest BCUT2D eigenvalue weighted by Crippen LogP contribution is 2.12. The average molecular weight is 378 g/mol. The van der Waals surface area contributed by atoms with Crippen LogP contribution in [0.3, 0.4) is 0 Å². The van der Waals surface area contributed by atoms with Gasteiger partial charge in [0, 0.05) is 37.9 Å². The number of aryl methyl sites for hydroxylation is 1. The molecule has 0 radical (unpaired) electrons. The molecule has 0 N–H and O–H groups in total. The van der Waals surface area contributed by atoms with Gasteiger partial charge in [0.15, 0.2) is 0 Å². The number of hydrogen-bond donors (Lipinski definition) is 0. The zero-order chi connectivity index (χ0) is 20.2. The minimum absolute atomic E-state index is 0.0498. The fourth-order valence-corrected chi connectivity index (χ4v) is 3.12. The Hall–Kier alpha value is -1.78. The molecule has 1 aromatic heterocycles. The lowest BCUT2D eigenvalue weighted by Crippen LogP contribution is -2.46. The first-order valence-electron chi connectivity index (χ1n) is 10.6. The lowest BCUT2D eigenvalue weighted by molar-refractivity contribution is -0.142. The summed E-state index contributed by atoms with van der Waals surface area (Å²) >= 11 is 0. The third-order valence-corrected chi connectivity index (χ3v) is 5.28.